The molecule has 1 aromatic carbocycles. The summed E-state index contributed by atoms with van der Waals surface area (Å²) in [6.07, 6.45) is -2.47. The van der Waals surface area contributed by atoms with E-state index in [9.17, 15) is 8.78 Å². The molecule has 0 aliphatic heterocycles. The van der Waals surface area contributed by atoms with Crippen LogP contribution in [0.2, 0.25) is 0 Å². The Labute approximate surface area is 80.9 Å². The quantitative estimate of drug-likeness (QED) is 0.733. The molecule has 0 aliphatic rings. The van der Waals surface area contributed by atoms with Crippen molar-refractivity contribution in [2.75, 3.05) is 24.7 Å². The van der Waals surface area contributed by atoms with Crippen LogP contribution >= 0.6 is 0 Å². The van der Waals surface area contributed by atoms with Crippen LogP contribution in [0.15, 0.2) is 18.2 Å². The van der Waals surface area contributed by atoms with Crippen molar-refractivity contribution in [2.24, 2.45) is 0 Å². The summed E-state index contributed by atoms with van der Waals surface area (Å²) in [6, 6.07) is 4.74. The van der Waals surface area contributed by atoms with Crippen molar-refractivity contribution < 1.29 is 13.5 Å². The minimum absolute atomic E-state index is 0.379. The lowest BCUT2D eigenvalue weighted by atomic mass is 10.2. The molecule has 0 aromatic heterocycles. The third-order valence-electron chi connectivity index (χ3n) is 1.67. The minimum Gasteiger partial charge on any atom is -0.488 e. The topological polar surface area (TPSA) is 47.3 Å². The first-order valence-electron chi connectivity index (χ1n) is 4.11. The summed E-state index contributed by atoms with van der Waals surface area (Å²) in [4.78, 5) is 0. The summed E-state index contributed by atoms with van der Waals surface area (Å²) in [7, 11) is 1.70. The summed E-state index contributed by atoms with van der Waals surface area (Å²) in [5.74, 6) is 0.379. The van der Waals surface area contributed by atoms with Crippen molar-refractivity contribution in [1.82, 2.24) is 0 Å². The number of hydrogen-bond donors (Lipinski definition) is 2. The fraction of sp³-hybridized carbons (Fsp3) is 0.333. The number of alkyl halides is 2. The van der Waals surface area contributed by atoms with Crippen LogP contribution in [0.3, 0.4) is 0 Å². The summed E-state index contributed by atoms with van der Waals surface area (Å²) >= 11 is 0. The molecular formula is C9H12F2N2O. The standard InChI is InChI=1S/C9H12F2N2O/c1-13-8-4-6(2-3-7(8)12)14-5-9(10)11/h2-4,9,13H,5,12H2,1H3. The maximum atomic E-state index is 11.8. The van der Waals surface area contributed by atoms with Crippen LogP contribution in [0.4, 0.5) is 20.2 Å². The van der Waals surface area contributed by atoms with Gasteiger partial charge in [-0.2, -0.15) is 0 Å². The Balaban J connectivity index is 2.69. The van der Waals surface area contributed by atoms with Gasteiger partial charge in [-0.25, -0.2) is 8.78 Å². The summed E-state index contributed by atoms with van der Waals surface area (Å²) in [6.45, 7) is -0.604. The van der Waals surface area contributed by atoms with Crippen LogP contribution in [0.1, 0.15) is 0 Å². The van der Waals surface area contributed by atoms with Gasteiger partial charge in [-0.1, -0.05) is 0 Å². The fourth-order valence-electron chi connectivity index (χ4n) is 1.00. The van der Waals surface area contributed by atoms with Gasteiger partial charge in [0.15, 0.2) is 0 Å². The molecule has 0 bridgehead atoms. The van der Waals surface area contributed by atoms with E-state index in [-0.39, 0.29) is 0 Å². The van der Waals surface area contributed by atoms with Gasteiger partial charge in [0.25, 0.3) is 6.43 Å². The molecule has 1 rings (SSSR count). The minimum atomic E-state index is -2.47. The normalized spacial score (nSPS) is 10.3. The van der Waals surface area contributed by atoms with Gasteiger partial charge in [0, 0.05) is 13.1 Å². The molecule has 0 amide bonds. The predicted molar refractivity (Wildman–Crippen MR) is 51.9 cm³/mol. The van der Waals surface area contributed by atoms with Crippen LogP contribution in [0, 0.1) is 0 Å². The van der Waals surface area contributed by atoms with Gasteiger partial charge in [0.1, 0.15) is 12.4 Å². The molecule has 0 heterocycles. The second kappa shape index (κ2) is 4.64. The number of anilines is 2. The third-order valence-corrected chi connectivity index (χ3v) is 1.67. The summed E-state index contributed by atoms with van der Waals surface area (Å²) < 4.78 is 28.5. The molecule has 0 saturated heterocycles. The second-order valence-electron chi connectivity index (χ2n) is 2.70. The molecule has 0 radical (unpaired) electrons. The van der Waals surface area contributed by atoms with Crippen molar-refractivity contribution in [3.8, 4) is 5.75 Å². The van der Waals surface area contributed by atoms with E-state index in [0.717, 1.165) is 0 Å². The van der Waals surface area contributed by atoms with Gasteiger partial charge in [0.2, 0.25) is 0 Å². The maximum absolute atomic E-state index is 11.8. The molecular weight excluding hydrogens is 190 g/mol. The van der Waals surface area contributed by atoms with E-state index in [1.807, 2.05) is 0 Å². The highest BCUT2D eigenvalue weighted by atomic mass is 19.3. The van der Waals surface area contributed by atoms with Gasteiger partial charge in [-0.15, -0.1) is 0 Å². The summed E-state index contributed by atoms with van der Waals surface area (Å²) in [5, 5.41) is 2.83. The lowest BCUT2D eigenvalue weighted by molar-refractivity contribution is 0.0819. The Morgan fingerprint density at radius 2 is 2.21 bits per heavy atom. The van der Waals surface area contributed by atoms with Gasteiger partial charge in [-0.05, 0) is 12.1 Å². The van der Waals surface area contributed by atoms with Crippen molar-refractivity contribution in [3.05, 3.63) is 18.2 Å². The largest absolute Gasteiger partial charge is 0.488 e. The van der Waals surface area contributed by atoms with Crippen LogP contribution in [-0.4, -0.2) is 20.1 Å². The molecule has 0 aliphatic carbocycles. The number of nitrogens with one attached hydrogen (secondary N) is 1. The Bertz CT molecular complexity index is 305. The lowest BCUT2D eigenvalue weighted by Gasteiger charge is -2.09. The number of rotatable bonds is 4. The number of hydrogen-bond acceptors (Lipinski definition) is 3. The highest BCUT2D eigenvalue weighted by molar-refractivity contribution is 5.67. The van der Waals surface area contributed by atoms with Crippen molar-refractivity contribution in [1.29, 1.82) is 0 Å². The van der Waals surface area contributed by atoms with Gasteiger partial charge < -0.3 is 15.8 Å². The number of nitrogens with two attached hydrogens (primary N) is 1. The van der Waals surface area contributed by atoms with E-state index < -0.39 is 13.0 Å². The molecule has 0 unspecified atom stereocenters. The molecule has 78 valence electrons. The molecule has 14 heavy (non-hydrogen) atoms. The molecule has 0 fully saturated rings. The monoisotopic (exact) mass is 202 g/mol. The highest BCUT2D eigenvalue weighted by Gasteiger charge is 2.04. The SMILES string of the molecule is CNc1cc(OCC(F)F)ccc1N. The number of benzene rings is 1. The Morgan fingerprint density at radius 1 is 1.50 bits per heavy atom. The first-order valence-corrected chi connectivity index (χ1v) is 4.11. The summed E-state index contributed by atoms with van der Waals surface area (Å²) in [5.41, 5.74) is 6.81. The zero-order valence-corrected chi connectivity index (χ0v) is 7.76. The van der Waals surface area contributed by atoms with Crippen molar-refractivity contribution in [3.63, 3.8) is 0 Å². The van der Waals surface area contributed by atoms with E-state index in [2.05, 4.69) is 5.32 Å². The van der Waals surface area contributed by atoms with E-state index in [1.54, 1.807) is 25.2 Å². The Morgan fingerprint density at radius 3 is 2.79 bits per heavy atom. The fourth-order valence-corrected chi connectivity index (χ4v) is 1.00. The van der Waals surface area contributed by atoms with E-state index in [4.69, 9.17) is 10.5 Å². The average molecular weight is 202 g/mol. The molecule has 1 aromatic rings. The second-order valence-corrected chi connectivity index (χ2v) is 2.70. The smallest absolute Gasteiger partial charge is 0.272 e. The maximum Gasteiger partial charge on any atom is 0.272 e. The molecule has 5 heteroatoms. The Kier molecular flexibility index (Phi) is 3.50. The molecule has 3 N–H and O–H groups in total. The highest BCUT2D eigenvalue weighted by Crippen LogP contribution is 2.24. The van der Waals surface area contributed by atoms with Crippen molar-refractivity contribution in [2.45, 2.75) is 6.43 Å². The Hall–Kier alpha value is -1.52. The van der Waals surface area contributed by atoms with E-state index in [0.29, 0.717) is 17.1 Å². The number of nitrogen functional groups attached to an aromatic ring is 1. The van der Waals surface area contributed by atoms with Crippen LogP contribution in [-0.2, 0) is 0 Å². The van der Waals surface area contributed by atoms with Gasteiger partial charge in [0.05, 0.1) is 11.4 Å². The third kappa shape index (κ3) is 2.76. The zero-order chi connectivity index (χ0) is 10.6. The van der Waals surface area contributed by atoms with E-state index in [1.165, 1.54) is 0 Å². The predicted octanol–water partition coefficient (Wildman–Crippen LogP) is 1.95. The first-order chi connectivity index (χ1) is 6.63. The van der Waals surface area contributed by atoms with Crippen LogP contribution in [0.5, 0.6) is 5.75 Å². The molecule has 0 spiro atoms. The molecule has 0 atom stereocenters. The number of ether oxygens (including phenoxy) is 1. The van der Waals surface area contributed by atoms with Gasteiger partial charge in [-0.3, -0.25) is 0 Å². The molecule has 3 nitrogen and oxygen atoms in total. The first kappa shape index (κ1) is 10.6. The van der Waals surface area contributed by atoms with Gasteiger partial charge >= 0.3 is 0 Å². The zero-order valence-electron chi connectivity index (χ0n) is 7.76. The van der Waals surface area contributed by atoms with Crippen LogP contribution < -0.4 is 15.8 Å². The van der Waals surface area contributed by atoms with Crippen molar-refractivity contribution >= 4 is 11.4 Å². The average Bonchev–Trinajstić information content (AvgIpc) is 2.16. The number of halogens is 2. The van der Waals surface area contributed by atoms with E-state index >= 15 is 0 Å². The van der Waals surface area contributed by atoms with Crippen LogP contribution in [0.25, 0.3) is 0 Å². The lowest BCUT2D eigenvalue weighted by Crippen LogP contribution is -2.07. The molecule has 0 saturated carbocycles.